The fourth-order valence-electron chi connectivity index (χ4n) is 2.34. The molecule has 0 bridgehead atoms. The van der Waals surface area contributed by atoms with Crippen molar-refractivity contribution in [3.8, 4) is 0 Å². The van der Waals surface area contributed by atoms with Crippen molar-refractivity contribution < 1.29 is 4.39 Å². The summed E-state index contributed by atoms with van der Waals surface area (Å²) in [6.07, 6.45) is 0.835. The molecule has 0 saturated carbocycles. The van der Waals surface area contributed by atoms with Crippen LogP contribution in [0.25, 0.3) is 0 Å². The van der Waals surface area contributed by atoms with Gasteiger partial charge in [-0.3, -0.25) is 0 Å². The molecule has 0 spiro atoms. The van der Waals surface area contributed by atoms with Crippen LogP contribution in [0.1, 0.15) is 29.7 Å². The zero-order valence-electron chi connectivity index (χ0n) is 11.8. The van der Waals surface area contributed by atoms with E-state index in [0.717, 1.165) is 18.5 Å². The summed E-state index contributed by atoms with van der Waals surface area (Å²) in [6, 6.07) is 13.4. The van der Waals surface area contributed by atoms with E-state index < -0.39 is 0 Å². The zero-order chi connectivity index (χ0) is 14.5. The molecule has 2 aromatic carbocycles. The first-order valence-corrected chi connectivity index (χ1v) is 7.22. The highest BCUT2D eigenvalue weighted by Crippen LogP contribution is 2.24. The highest BCUT2D eigenvalue weighted by atomic mass is 35.5. The van der Waals surface area contributed by atoms with Crippen LogP contribution in [0.2, 0.25) is 5.02 Å². The lowest BCUT2D eigenvalue weighted by atomic mass is 9.96. The highest BCUT2D eigenvalue weighted by Gasteiger charge is 2.14. The summed E-state index contributed by atoms with van der Waals surface area (Å²) < 4.78 is 13.6. The molecule has 1 unspecified atom stereocenters. The molecule has 0 heterocycles. The van der Waals surface area contributed by atoms with Gasteiger partial charge in [0.15, 0.2) is 0 Å². The van der Waals surface area contributed by atoms with Gasteiger partial charge in [0.1, 0.15) is 5.82 Å². The van der Waals surface area contributed by atoms with E-state index >= 15 is 0 Å². The number of likely N-dealkylation sites (N-methyl/N-ethyl adjacent to an activating group) is 1. The SMILES string of the molecule is CCNC(Cc1ccccc1C)c1ccc(Cl)c(F)c1. The number of rotatable bonds is 5. The lowest BCUT2D eigenvalue weighted by Crippen LogP contribution is -2.23. The van der Waals surface area contributed by atoms with E-state index in [9.17, 15) is 4.39 Å². The Morgan fingerprint density at radius 2 is 1.95 bits per heavy atom. The van der Waals surface area contributed by atoms with E-state index in [1.165, 1.54) is 17.2 Å². The van der Waals surface area contributed by atoms with Crippen molar-refractivity contribution in [1.82, 2.24) is 5.32 Å². The Kier molecular flexibility index (Phi) is 5.16. The second-order valence-corrected chi connectivity index (χ2v) is 5.32. The minimum Gasteiger partial charge on any atom is -0.310 e. The van der Waals surface area contributed by atoms with Gasteiger partial charge in [-0.15, -0.1) is 0 Å². The van der Waals surface area contributed by atoms with E-state index in [-0.39, 0.29) is 16.9 Å². The number of benzene rings is 2. The minimum absolute atomic E-state index is 0.0906. The van der Waals surface area contributed by atoms with Crippen LogP contribution < -0.4 is 5.32 Å². The van der Waals surface area contributed by atoms with Crippen molar-refractivity contribution in [2.45, 2.75) is 26.3 Å². The monoisotopic (exact) mass is 291 g/mol. The van der Waals surface area contributed by atoms with Gasteiger partial charge in [-0.25, -0.2) is 4.39 Å². The van der Waals surface area contributed by atoms with Gasteiger partial charge < -0.3 is 5.32 Å². The Labute approximate surface area is 124 Å². The number of hydrogen-bond acceptors (Lipinski definition) is 1. The van der Waals surface area contributed by atoms with Crippen LogP contribution in [0, 0.1) is 12.7 Å². The molecule has 0 aliphatic rings. The van der Waals surface area contributed by atoms with Crippen LogP contribution in [0.15, 0.2) is 42.5 Å². The maximum Gasteiger partial charge on any atom is 0.142 e. The summed E-state index contributed by atoms with van der Waals surface area (Å²) in [4.78, 5) is 0. The van der Waals surface area contributed by atoms with Crippen LogP contribution >= 0.6 is 11.6 Å². The minimum atomic E-state index is -0.364. The van der Waals surface area contributed by atoms with Crippen LogP contribution in [-0.2, 0) is 6.42 Å². The molecule has 2 aromatic rings. The number of hydrogen-bond donors (Lipinski definition) is 1. The molecular formula is C17H19ClFN. The number of halogens is 2. The molecule has 0 aliphatic carbocycles. The van der Waals surface area contributed by atoms with E-state index in [1.54, 1.807) is 6.07 Å². The second kappa shape index (κ2) is 6.87. The lowest BCUT2D eigenvalue weighted by Gasteiger charge is -2.20. The smallest absolute Gasteiger partial charge is 0.142 e. The van der Waals surface area contributed by atoms with E-state index in [4.69, 9.17) is 11.6 Å². The molecule has 106 valence electrons. The predicted molar refractivity (Wildman–Crippen MR) is 82.7 cm³/mol. The summed E-state index contributed by atoms with van der Waals surface area (Å²) in [5.41, 5.74) is 3.45. The Morgan fingerprint density at radius 1 is 1.20 bits per heavy atom. The van der Waals surface area contributed by atoms with Crippen molar-refractivity contribution in [2.75, 3.05) is 6.54 Å². The third-order valence-electron chi connectivity index (χ3n) is 3.48. The van der Waals surface area contributed by atoms with Crippen molar-refractivity contribution in [2.24, 2.45) is 0 Å². The topological polar surface area (TPSA) is 12.0 Å². The maximum absolute atomic E-state index is 13.6. The fourth-order valence-corrected chi connectivity index (χ4v) is 2.46. The highest BCUT2D eigenvalue weighted by molar-refractivity contribution is 6.30. The molecule has 2 rings (SSSR count). The van der Waals surface area contributed by atoms with Crippen molar-refractivity contribution in [3.05, 3.63) is 70.0 Å². The van der Waals surface area contributed by atoms with Gasteiger partial charge in [0.2, 0.25) is 0 Å². The van der Waals surface area contributed by atoms with Crippen molar-refractivity contribution in [3.63, 3.8) is 0 Å². The predicted octanol–water partition coefficient (Wildman–Crippen LogP) is 4.68. The summed E-state index contributed by atoms with van der Waals surface area (Å²) in [7, 11) is 0. The largest absolute Gasteiger partial charge is 0.310 e. The summed E-state index contributed by atoms with van der Waals surface area (Å²) in [6.45, 7) is 4.98. The maximum atomic E-state index is 13.6. The van der Waals surface area contributed by atoms with Gasteiger partial charge in [0.25, 0.3) is 0 Å². The first-order chi connectivity index (χ1) is 9.61. The number of aryl methyl sites for hydroxylation is 1. The lowest BCUT2D eigenvalue weighted by molar-refractivity contribution is 0.542. The molecule has 1 nitrogen and oxygen atoms in total. The molecule has 20 heavy (non-hydrogen) atoms. The number of nitrogens with one attached hydrogen (secondary N) is 1. The third-order valence-corrected chi connectivity index (χ3v) is 3.79. The molecule has 0 aromatic heterocycles. The first kappa shape index (κ1) is 15.0. The van der Waals surface area contributed by atoms with Crippen molar-refractivity contribution in [1.29, 1.82) is 0 Å². The van der Waals surface area contributed by atoms with Crippen LogP contribution in [0.4, 0.5) is 4.39 Å². The van der Waals surface area contributed by atoms with Crippen LogP contribution in [0.3, 0.4) is 0 Å². The van der Waals surface area contributed by atoms with Crippen LogP contribution in [-0.4, -0.2) is 6.54 Å². The molecular weight excluding hydrogens is 273 g/mol. The standard InChI is InChI=1S/C17H19ClFN/c1-3-20-17(11-13-7-5-4-6-12(13)2)14-8-9-15(18)16(19)10-14/h4-10,17,20H,3,11H2,1-2H3. The summed E-state index contributed by atoms with van der Waals surface area (Å²) in [5.74, 6) is -0.364. The summed E-state index contributed by atoms with van der Waals surface area (Å²) >= 11 is 5.75. The Hall–Kier alpha value is -1.38. The fraction of sp³-hybridized carbons (Fsp3) is 0.294. The molecule has 3 heteroatoms. The normalized spacial score (nSPS) is 12.4. The Balaban J connectivity index is 2.27. The zero-order valence-corrected chi connectivity index (χ0v) is 12.5. The Morgan fingerprint density at radius 3 is 2.60 bits per heavy atom. The van der Waals surface area contributed by atoms with Gasteiger partial charge in [0, 0.05) is 6.04 Å². The van der Waals surface area contributed by atoms with Gasteiger partial charge in [-0.1, -0.05) is 48.9 Å². The average Bonchev–Trinajstić information content (AvgIpc) is 2.44. The van der Waals surface area contributed by atoms with Crippen LogP contribution in [0.5, 0.6) is 0 Å². The van der Waals surface area contributed by atoms with E-state index in [1.807, 2.05) is 18.2 Å². The van der Waals surface area contributed by atoms with E-state index in [0.29, 0.717) is 0 Å². The van der Waals surface area contributed by atoms with Gasteiger partial charge in [-0.05, 0) is 48.7 Å². The van der Waals surface area contributed by atoms with Crippen molar-refractivity contribution >= 4 is 11.6 Å². The molecule has 0 fully saturated rings. The average molecular weight is 292 g/mol. The van der Waals surface area contributed by atoms with Gasteiger partial charge >= 0.3 is 0 Å². The molecule has 1 atom stereocenters. The second-order valence-electron chi connectivity index (χ2n) is 4.91. The molecule has 1 N–H and O–H groups in total. The third kappa shape index (κ3) is 3.59. The van der Waals surface area contributed by atoms with Gasteiger partial charge in [0.05, 0.1) is 5.02 Å². The van der Waals surface area contributed by atoms with E-state index in [2.05, 4.69) is 31.3 Å². The molecule has 0 saturated heterocycles. The molecule has 0 amide bonds. The molecule has 0 aliphatic heterocycles. The quantitative estimate of drug-likeness (QED) is 0.843. The Bertz CT molecular complexity index is 583. The molecule has 0 radical (unpaired) electrons. The summed E-state index contributed by atoms with van der Waals surface area (Å²) in [5, 5.41) is 3.58. The van der Waals surface area contributed by atoms with Gasteiger partial charge in [-0.2, -0.15) is 0 Å². The first-order valence-electron chi connectivity index (χ1n) is 6.84.